The van der Waals surface area contributed by atoms with E-state index in [1.807, 2.05) is 6.07 Å². The second kappa shape index (κ2) is 5.29. The summed E-state index contributed by atoms with van der Waals surface area (Å²) in [6.07, 6.45) is 3.44. The molecule has 1 atom stereocenters. The van der Waals surface area contributed by atoms with Crippen LogP contribution in [0.15, 0.2) is 24.3 Å². The summed E-state index contributed by atoms with van der Waals surface area (Å²) in [5.41, 5.74) is 2.54. The fourth-order valence-electron chi connectivity index (χ4n) is 1.80. The van der Waals surface area contributed by atoms with Gasteiger partial charge in [0, 0.05) is 6.61 Å². The summed E-state index contributed by atoms with van der Waals surface area (Å²) < 4.78 is 11.2. The first-order chi connectivity index (χ1) is 7.36. The quantitative estimate of drug-likeness (QED) is 0.756. The van der Waals surface area contributed by atoms with Crippen LogP contribution in [0.4, 0.5) is 0 Å². The number of aryl methyl sites for hydroxylation is 1. The molecular weight excluding hydrogens is 188 g/mol. The molecule has 1 heterocycles. The number of hydrogen-bond donors (Lipinski definition) is 0. The molecule has 0 radical (unpaired) electrons. The van der Waals surface area contributed by atoms with E-state index in [-0.39, 0.29) is 6.29 Å². The molecular formula is C13H18O2. The van der Waals surface area contributed by atoms with E-state index < -0.39 is 0 Å². The molecule has 0 spiro atoms. The van der Waals surface area contributed by atoms with E-state index in [0.29, 0.717) is 6.61 Å². The highest BCUT2D eigenvalue weighted by Gasteiger charge is 2.13. The van der Waals surface area contributed by atoms with Gasteiger partial charge in [0.1, 0.15) is 0 Å². The van der Waals surface area contributed by atoms with Gasteiger partial charge in [-0.1, -0.05) is 24.3 Å². The zero-order valence-electron chi connectivity index (χ0n) is 9.24. The van der Waals surface area contributed by atoms with Gasteiger partial charge in [-0.2, -0.15) is 0 Å². The maximum Gasteiger partial charge on any atom is 0.158 e. The molecule has 0 saturated carbocycles. The lowest BCUT2D eigenvalue weighted by Crippen LogP contribution is -2.22. The first-order valence-electron chi connectivity index (χ1n) is 5.64. The van der Waals surface area contributed by atoms with Gasteiger partial charge in [-0.15, -0.1) is 0 Å². The van der Waals surface area contributed by atoms with Gasteiger partial charge in [0.05, 0.1) is 6.61 Å². The van der Waals surface area contributed by atoms with E-state index in [9.17, 15) is 0 Å². The lowest BCUT2D eigenvalue weighted by Gasteiger charge is -2.23. The van der Waals surface area contributed by atoms with Crippen LogP contribution in [0, 0.1) is 6.92 Å². The normalized spacial score (nSPS) is 21.5. The van der Waals surface area contributed by atoms with Crippen molar-refractivity contribution >= 4 is 0 Å². The topological polar surface area (TPSA) is 18.5 Å². The van der Waals surface area contributed by atoms with E-state index in [2.05, 4.69) is 25.1 Å². The van der Waals surface area contributed by atoms with Gasteiger partial charge in [0.25, 0.3) is 0 Å². The summed E-state index contributed by atoms with van der Waals surface area (Å²) in [6.45, 7) is 3.62. The average molecular weight is 206 g/mol. The van der Waals surface area contributed by atoms with Gasteiger partial charge in [-0.25, -0.2) is 0 Å². The number of benzene rings is 1. The zero-order valence-corrected chi connectivity index (χ0v) is 9.24. The Labute approximate surface area is 91.2 Å². The third-order valence-electron chi connectivity index (χ3n) is 2.82. The van der Waals surface area contributed by atoms with Crippen molar-refractivity contribution in [2.24, 2.45) is 0 Å². The molecule has 15 heavy (non-hydrogen) atoms. The Bertz CT molecular complexity index is 303. The Morgan fingerprint density at radius 3 is 2.93 bits per heavy atom. The molecule has 1 saturated heterocycles. The molecule has 1 aliphatic heterocycles. The second-order valence-electron chi connectivity index (χ2n) is 4.03. The molecule has 2 heteroatoms. The maximum absolute atomic E-state index is 5.73. The smallest absolute Gasteiger partial charge is 0.158 e. The zero-order chi connectivity index (χ0) is 10.5. The molecule has 1 unspecified atom stereocenters. The van der Waals surface area contributed by atoms with E-state index in [1.54, 1.807) is 0 Å². The molecule has 1 aliphatic rings. The minimum absolute atomic E-state index is 0.0124. The first kappa shape index (κ1) is 10.7. The summed E-state index contributed by atoms with van der Waals surface area (Å²) in [5, 5.41) is 0. The SMILES string of the molecule is Cc1ccccc1COC1CCCCO1. The van der Waals surface area contributed by atoms with Crippen molar-refractivity contribution < 1.29 is 9.47 Å². The van der Waals surface area contributed by atoms with Crippen LogP contribution in [0.1, 0.15) is 30.4 Å². The highest BCUT2D eigenvalue weighted by molar-refractivity contribution is 5.24. The van der Waals surface area contributed by atoms with Gasteiger partial charge in [0.15, 0.2) is 6.29 Å². The summed E-state index contributed by atoms with van der Waals surface area (Å²) in [5.74, 6) is 0. The fraction of sp³-hybridized carbons (Fsp3) is 0.538. The predicted octanol–water partition coefficient (Wildman–Crippen LogP) is 3.04. The standard InChI is InChI=1S/C13H18O2/c1-11-6-2-3-7-12(11)10-15-13-8-4-5-9-14-13/h2-3,6-7,13H,4-5,8-10H2,1H3. The van der Waals surface area contributed by atoms with Crippen LogP contribution in [-0.4, -0.2) is 12.9 Å². The van der Waals surface area contributed by atoms with Crippen molar-refractivity contribution in [1.29, 1.82) is 0 Å². The predicted molar refractivity (Wildman–Crippen MR) is 59.6 cm³/mol. The van der Waals surface area contributed by atoms with Crippen LogP contribution >= 0.6 is 0 Å². The van der Waals surface area contributed by atoms with Crippen LogP contribution in [0.2, 0.25) is 0 Å². The number of ether oxygens (including phenoxy) is 2. The summed E-state index contributed by atoms with van der Waals surface area (Å²) in [6, 6.07) is 8.32. The lowest BCUT2D eigenvalue weighted by atomic mass is 10.1. The van der Waals surface area contributed by atoms with Crippen LogP contribution in [0.25, 0.3) is 0 Å². The molecule has 0 aliphatic carbocycles. The Hall–Kier alpha value is -0.860. The molecule has 0 N–H and O–H groups in total. The Morgan fingerprint density at radius 2 is 2.20 bits per heavy atom. The third-order valence-corrected chi connectivity index (χ3v) is 2.82. The van der Waals surface area contributed by atoms with Gasteiger partial charge >= 0.3 is 0 Å². The van der Waals surface area contributed by atoms with Crippen molar-refractivity contribution in [3.8, 4) is 0 Å². The van der Waals surface area contributed by atoms with Gasteiger partial charge in [-0.05, 0) is 37.3 Å². The molecule has 0 amide bonds. The molecule has 0 bridgehead atoms. The molecule has 1 fully saturated rings. The maximum atomic E-state index is 5.73. The summed E-state index contributed by atoms with van der Waals surface area (Å²) in [7, 11) is 0. The monoisotopic (exact) mass is 206 g/mol. The van der Waals surface area contributed by atoms with E-state index in [0.717, 1.165) is 13.0 Å². The van der Waals surface area contributed by atoms with Crippen molar-refractivity contribution in [3.05, 3.63) is 35.4 Å². The second-order valence-corrected chi connectivity index (χ2v) is 4.03. The van der Waals surface area contributed by atoms with Gasteiger partial charge in [-0.3, -0.25) is 0 Å². The van der Waals surface area contributed by atoms with Crippen molar-refractivity contribution in [2.45, 2.75) is 39.1 Å². The molecule has 1 aromatic rings. The third kappa shape index (κ3) is 3.05. The molecule has 82 valence electrons. The highest BCUT2D eigenvalue weighted by atomic mass is 16.7. The molecule has 0 aromatic heterocycles. The summed E-state index contributed by atoms with van der Waals surface area (Å²) >= 11 is 0. The van der Waals surface area contributed by atoms with Crippen LogP contribution < -0.4 is 0 Å². The number of rotatable bonds is 3. The average Bonchev–Trinajstić information content (AvgIpc) is 2.29. The van der Waals surface area contributed by atoms with Crippen LogP contribution in [-0.2, 0) is 16.1 Å². The fourth-order valence-corrected chi connectivity index (χ4v) is 1.80. The van der Waals surface area contributed by atoms with Gasteiger partial charge < -0.3 is 9.47 Å². The minimum atomic E-state index is 0.0124. The Kier molecular flexibility index (Phi) is 3.75. The molecule has 2 rings (SSSR count). The molecule has 1 aromatic carbocycles. The van der Waals surface area contributed by atoms with Crippen LogP contribution in [0.3, 0.4) is 0 Å². The largest absolute Gasteiger partial charge is 0.353 e. The first-order valence-corrected chi connectivity index (χ1v) is 5.64. The van der Waals surface area contributed by atoms with E-state index >= 15 is 0 Å². The number of hydrogen-bond acceptors (Lipinski definition) is 2. The van der Waals surface area contributed by atoms with E-state index in [1.165, 1.54) is 24.0 Å². The van der Waals surface area contributed by atoms with Gasteiger partial charge in [0.2, 0.25) is 0 Å². The lowest BCUT2D eigenvalue weighted by molar-refractivity contribution is -0.169. The Balaban J connectivity index is 1.84. The van der Waals surface area contributed by atoms with Crippen molar-refractivity contribution in [2.75, 3.05) is 6.61 Å². The van der Waals surface area contributed by atoms with E-state index in [4.69, 9.17) is 9.47 Å². The van der Waals surface area contributed by atoms with Crippen molar-refractivity contribution in [3.63, 3.8) is 0 Å². The van der Waals surface area contributed by atoms with Crippen LogP contribution in [0.5, 0.6) is 0 Å². The summed E-state index contributed by atoms with van der Waals surface area (Å²) in [4.78, 5) is 0. The highest BCUT2D eigenvalue weighted by Crippen LogP contribution is 2.16. The minimum Gasteiger partial charge on any atom is -0.353 e. The molecule has 2 nitrogen and oxygen atoms in total. The Morgan fingerprint density at radius 1 is 1.33 bits per heavy atom. The van der Waals surface area contributed by atoms with Crippen molar-refractivity contribution in [1.82, 2.24) is 0 Å².